The number of halogens is 1. The van der Waals surface area contributed by atoms with E-state index < -0.39 is 0 Å². The zero-order valence-electron chi connectivity index (χ0n) is 14.4. The average molecular weight is 346 g/mol. The number of piperidine rings is 1. The summed E-state index contributed by atoms with van der Waals surface area (Å²) in [5.74, 6) is 1.75. The van der Waals surface area contributed by atoms with Gasteiger partial charge in [0.25, 0.3) is 0 Å². The Balaban J connectivity index is 1.62. The van der Waals surface area contributed by atoms with Gasteiger partial charge in [0.15, 0.2) is 0 Å². The maximum Gasteiger partial charge on any atom is 0.131 e. The van der Waals surface area contributed by atoms with Gasteiger partial charge in [-0.05, 0) is 52.0 Å². The van der Waals surface area contributed by atoms with Crippen LogP contribution in [0, 0.1) is 6.92 Å². The number of hydrogen-bond donors (Lipinski definition) is 0. The van der Waals surface area contributed by atoms with Crippen LogP contribution < -0.4 is 4.90 Å². The molecule has 128 valence electrons. The molecule has 5 nitrogen and oxygen atoms in total. The van der Waals surface area contributed by atoms with Crippen molar-refractivity contribution < 1.29 is 0 Å². The largest absolute Gasteiger partial charge is 0.364 e. The van der Waals surface area contributed by atoms with Gasteiger partial charge in [0.1, 0.15) is 11.0 Å². The van der Waals surface area contributed by atoms with E-state index in [2.05, 4.69) is 33.3 Å². The highest BCUT2D eigenvalue weighted by atomic mass is 35.5. The molecule has 0 atom stereocenters. The van der Waals surface area contributed by atoms with Gasteiger partial charge in [0.05, 0.1) is 17.9 Å². The predicted octanol–water partition coefficient (Wildman–Crippen LogP) is 3.07. The molecule has 2 aromatic rings. The van der Waals surface area contributed by atoms with Gasteiger partial charge in [-0.15, -0.1) is 0 Å². The normalized spacial score (nSPS) is 19.5. The Morgan fingerprint density at radius 3 is 2.71 bits per heavy atom. The zero-order chi connectivity index (χ0) is 16.7. The molecular formula is C18H24ClN5. The molecule has 0 aromatic carbocycles. The molecule has 1 saturated heterocycles. The summed E-state index contributed by atoms with van der Waals surface area (Å²) < 4.78 is 2.41. The minimum Gasteiger partial charge on any atom is -0.364 e. The first-order valence-corrected chi connectivity index (χ1v) is 9.10. The van der Waals surface area contributed by atoms with E-state index in [0.717, 1.165) is 31.1 Å². The Bertz CT molecular complexity index is 733. The SMILES string of the molecule is Cc1nc(C2CCN(C)CC2)c2n1CCN(c1ccnc(Cl)c1)C2. The van der Waals surface area contributed by atoms with Crippen LogP contribution in [0.2, 0.25) is 5.15 Å². The lowest BCUT2D eigenvalue weighted by atomic mass is 9.92. The molecule has 0 aliphatic carbocycles. The minimum absolute atomic E-state index is 0.554. The first-order valence-electron chi connectivity index (χ1n) is 8.73. The third kappa shape index (κ3) is 2.91. The van der Waals surface area contributed by atoms with Crippen LogP contribution in [0.25, 0.3) is 0 Å². The van der Waals surface area contributed by atoms with Crippen LogP contribution in [0.5, 0.6) is 0 Å². The summed E-state index contributed by atoms with van der Waals surface area (Å²) in [5.41, 5.74) is 3.86. The number of fused-ring (bicyclic) bond motifs is 1. The van der Waals surface area contributed by atoms with Gasteiger partial charge in [-0.1, -0.05) is 11.6 Å². The van der Waals surface area contributed by atoms with Crippen molar-refractivity contribution in [3.05, 3.63) is 40.7 Å². The van der Waals surface area contributed by atoms with Crippen molar-refractivity contribution in [3.63, 3.8) is 0 Å². The van der Waals surface area contributed by atoms with Crippen LogP contribution in [-0.4, -0.2) is 46.1 Å². The quantitative estimate of drug-likeness (QED) is 0.784. The summed E-state index contributed by atoms with van der Waals surface area (Å²) >= 11 is 6.08. The van der Waals surface area contributed by atoms with E-state index in [1.165, 1.54) is 37.3 Å². The Labute approximate surface area is 148 Å². The number of hydrogen-bond acceptors (Lipinski definition) is 4. The molecule has 4 heterocycles. The van der Waals surface area contributed by atoms with Crippen molar-refractivity contribution in [2.24, 2.45) is 0 Å². The lowest BCUT2D eigenvalue weighted by Gasteiger charge is -2.33. The molecule has 2 aliphatic rings. The maximum atomic E-state index is 6.08. The maximum absolute atomic E-state index is 6.08. The van der Waals surface area contributed by atoms with Gasteiger partial charge in [-0.3, -0.25) is 0 Å². The van der Waals surface area contributed by atoms with Crippen LogP contribution in [-0.2, 0) is 13.1 Å². The number of aryl methyl sites for hydroxylation is 1. The lowest BCUT2D eigenvalue weighted by Crippen LogP contribution is -2.35. The number of aromatic nitrogens is 3. The highest BCUT2D eigenvalue weighted by Crippen LogP contribution is 2.33. The van der Waals surface area contributed by atoms with Crippen molar-refractivity contribution in [2.45, 2.75) is 38.8 Å². The molecule has 0 radical (unpaired) electrons. The predicted molar refractivity (Wildman–Crippen MR) is 96.7 cm³/mol. The molecule has 0 amide bonds. The first-order chi connectivity index (χ1) is 11.6. The molecule has 0 N–H and O–H groups in total. The van der Waals surface area contributed by atoms with E-state index in [1.54, 1.807) is 6.20 Å². The molecule has 1 fully saturated rings. The molecular weight excluding hydrogens is 322 g/mol. The van der Waals surface area contributed by atoms with E-state index in [1.807, 2.05) is 12.1 Å². The molecule has 0 saturated carbocycles. The third-order valence-corrected chi connectivity index (χ3v) is 5.62. The van der Waals surface area contributed by atoms with E-state index in [-0.39, 0.29) is 0 Å². The number of imidazole rings is 1. The van der Waals surface area contributed by atoms with Gasteiger partial charge in [0.2, 0.25) is 0 Å². The van der Waals surface area contributed by atoms with E-state index in [4.69, 9.17) is 16.6 Å². The summed E-state index contributed by atoms with van der Waals surface area (Å²) in [4.78, 5) is 13.9. The number of pyridine rings is 1. The second-order valence-electron chi connectivity index (χ2n) is 6.98. The van der Waals surface area contributed by atoms with Gasteiger partial charge in [0, 0.05) is 30.9 Å². The van der Waals surface area contributed by atoms with Gasteiger partial charge < -0.3 is 14.4 Å². The number of rotatable bonds is 2. The summed E-state index contributed by atoms with van der Waals surface area (Å²) in [7, 11) is 2.21. The summed E-state index contributed by atoms with van der Waals surface area (Å²) in [6.07, 6.45) is 4.20. The Morgan fingerprint density at radius 2 is 1.96 bits per heavy atom. The van der Waals surface area contributed by atoms with Crippen molar-refractivity contribution in [1.82, 2.24) is 19.4 Å². The minimum atomic E-state index is 0.554. The van der Waals surface area contributed by atoms with Crippen LogP contribution in [0.15, 0.2) is 18.3 Å². The zero-order valence-corrected chi connectivity index (χ0v) is 15.1. The molecule has 0 spiro atoms. The second kappa shape index (κ2) is 6.37. The standard InChI is InChI=1S/C18H24ClN5/c1-13-21-18(14-4-7-22(2)8-5-14)16-12-23(9-10-24(13)16)15-3-6-20-17(19)11-15/h3,6,11,14H,4-5,7-10,12H2,1-2H3. The highest BCUT2D eigenvalue weighted by Gasteiger charge is 2.29. The number of likely N-dealkylation sites (tertiary alicyclic amines) is 1. The van der Waals surface area contributed by atoms with Crippen molar-refractivity contribution in [1.29, 1.82) is 0 Å². The van der Waals surface area contributed by atoms with Crippen LogP contribution in [0.1, 0.15) is 36.0 Å². The average Bonchev–Trinajstić information content (AvgIpc) is 2.92. The first kappa shape index (κ1) is 15.9. The second-order valence-corrected chi connectivity index (χ2v) is 7.37. The smallest absolute Gasteiger partial charge is 0.131 e. The molecule has 4 rings (SSSR count). The fraction of sp³-hybridized carbons (Fsp3) is 0.556. The molecule has 0 bridgehead atoms. The van der Waals surface area contributed by atoms with Crippen LogP contribution >= 0.6 is 11.6 Å². The molecule has 2 aliphatic heterocycles. The number of anilines is 1. The van der Waals surface area contributed by atoms with Crippen LogP contribution in [0.4, 0.5) is 5.69 Å². The topological polar surface area (TPSA) is 37.2 Å². The highest BCUT2D eigenvalue weighted by molar-refractivity contribution is 6.29. The van der Waals surface area contributed by atoms with Gasteiger partial charge in [-0.25, -0.2) is 9.97 Å². The lowest BCUT2D eigenvalue weighted by molar-refractivity contribution is 0.253. The molecule has 0 unspecified atom stereocenters. The fourth-order valence-corrected chi connectivity index (χ4v) is 4.16. The Kier molecular flexibility index (Phi) is 4.22. The van der Waals surface area contributed by atoms with E-state index in [0.29, 0.717) is 11.1 Å². The Hall–Kier alpha value is -1.59. The van der Waals surface area contributed by atoms with Gasteiger partial charge in [-0.2, -0.15) is 0 Å². The van der Waals surface area contributed by atoms with Gasteiger partial charge >= 0.3 is 0 Å². The van der Waals surface area contributed by atoms with E-state index in [9.17, 15) is 0 Å². The van der Waals surface area contributed by atoms with Crippen LogP contribution in [0.3, 0.4) is 0 Å². The van der Waals surface area contributed by atoms with Crippen molar-refractivity contribution in [2.75, 3.05) is 31.6 Å². The summed E-state index contributed by atoms with van der Waals surface area (Å²) in [6, 6.07) is 4.00. The molecule has 24 heavy (non-hydrogen) atoms. The van der Waals surface area contributed by atoms with E-state index >= 15 is 0 Å². The van der Waals surface area contributed by atoms with Crippen molar-refractivity contribution >= 4 is 17.3 Å². The molecule has 2 aromatic heterocycles. The summed E-state index contributed by atoms with van der Waals surface area (Å²) in [5, 5.41) is 0.554. The Morgan fingerprint density at radius 1 is 1.17 bits per heavy atom. The monoisotopic (exact) mass is 345 g/mol. The third-order valence-electron chi connectivity index (χ3n) is 5.41. The fourth-order valence-electron chi connectivity index (χ4n) is 3.99. The summed E-state index contributed by atoms with van der Waals surface area (Å²) in [6.45, 7) is 7.35. The van der Waals surface area contributed by atoms with Crippen molar-refractivity contribution in [3.8, 4) is 0 Å². The number of nitrogens with zero attached hydrogens (tertiary/aromatic N) is 5. The molecule has 6 heteroatoms.